The Morgan fingerprint density at radius 2 is 1.72 bits per heavy atom. The Labute approximate surface area is 232 Å². The van der Waals surface area contributed by atoms with Crippen molar-refractivity contribution in [3.63, 3.8) is 0 Å². The Morgan fingerprint density at radius 3 is 2.33 bits per heavy atom. The van der Waals surface area contributed by atoms with Gasteiger partial charge in [-0.3, -0.25) is 4.79 Å². The summed E-state index contributed by atoms with van der Waals surface area (Å²) in [6.45, 7) is 15.4. The number of aliphatic hydroxyl groups is 2. The van der Waals surface area contributed by atoms with Gasteiger partial charge in [0, 0.05) is 17.9 Å². The molecule has 5 rings (SSSR count). The van der Waals surface area contributed by atoms with Gasteiger partial charge in [0.15, 0.2) is 6.29 Å². The van der Waals surface area contributed by atoms with Crippen molar-refractivity contribution in [1.29, 1.82) is 0 Å². The minimum absolute atomic E-state index is 0.0909. The van der Waals surface area contributed by atoms with Gasteiger partial charge in [-0.05, 0) is 68.0 Å². The Morgan fingerprint density at radius 1 is 1.05 bits per heavy atom. The summed E-state index contributed by atoms with van der Waals surface area (Å²) in [5.41, 5.74) is -2.58. The summed E-state index contributed by atoms with van der Waals surface area (Å²) in [7, 11) is 3.85. The van der Waals surface area contributed by atoms with Crippen LogP contribution in [-0.4, -0.2) is 107 Å². The van der Waals surface area contributed by atoms with Gasteiger partial charge in [-0.15, -0.1) is 0 Å². The van der Waals surface area contributed by atoms with Crippen molar-refractivity contribution in [2.24, 2.45) is 17.8 Å². The van der Waals surface area contributed by atoms with Gasteiger partial charge in [0.2, 0.25) is 5.79 Å². The van der Waals surface area contributed by atoms with E-state index in [-0.39, 0.29) is 24.2 Å². The van der Waals surface area contributed by atoms with Crippen LogP contribution in [-0.2, 0) is 33.2 Å². The van der Waals surface area contributed by atoms with E-state index in [1.54, 1.807) is 6.92 Å². The van der Waals surface area contributed by atoms with Crippen LogP contribution >= 0.6 is 0 Å². The molecule has 15 atom stereocenters. The Kier molecular flexibility index (Phi) is 7.29. The van der Waals surface area contributed by atoms with E-state index in [4.69, 9.17) is 28.4 Å². The Balaban J connectivity index is 1.56. The zero-order valence-corrected chi connectivity index (χ0v) is 25.2. The third-order valence-corrected chi connectivity index (χ3v) is 10.5. The van der Waals surface area contributed by atoms with Crippen molar-refractivity contribution in [3.05, 3.63) is 0 Å². The van der Waals surface area contributed by atoms with Gasteiger partial charge >= 0.3 is 5.97 Å². The highest BCUT2D eigenvalue weighted by molar-refractivity contribution is 5.73. The van der Waals surface area contributed by atoms with Gasteiger partial charge in [0.05, 0.1) is 29.8 Å². The number of nitrogens with zero attached hydrogens (tertiary/aromatic N) is 1. The average Bonchev–Trinajstić information content (AvgIpc) is 3.45. The zero-order chi connectivity index (χ0) is 28.9. The zero-order valence-electron chi connectivity index (χ0n) is 25.2. The van der Waals surface area contributed by atoms with E-state index >= 15 is 0 Å². The number of ether oxygens (including phenoxy) is 6. The molecule has 1 unspecified atom stereocenters. The average molecular weight is 556 g/mol. The third kappa shape index (κ3) is 4.23. The van der Waals surface area contributed by atoms with E-state index < -0.39 is 71.1 Å². The number of epoxide rings is 1. The molecule has 5 aliphatic rings. The maximum Gasteiger partial charge on any atom is 0.311 e. The number of esters is 1. The molecular weight excluding hydrogens is 506 g/mol. The number of carbonyl (C=O) groups excluding carboxylic acids is 1. The number of likely N-dealkylation sites (N-methyl/N-ethyl adjacent to an activating group) is 1. The molecule has 5 fully saturated rings. The monoisotopic (exact) mass is 555 g/mol. The van der Waals surface area contributed by atoms with E-state index in [1.807, 2.05) is 60.5 Å². The predicted octanol–water partition coefficient (Wildman–Crippen LogP) is 2.22. The van der Waals surface area contributed by atoms with Crippen LogP contribution in [0.3, 0.4) is 0 Å². The molecule has 0 radical (unpaired) electrons. The molecule has 0 aromatic rings. The fourth-order valence-corrected chi connectivity index (χ4v) is 8.22. The summed E-state index contributed by atoms with van der Waals surface area (Å²) >= 11 is 0. The lowest BCUT2D eigenvalue weighted by atomic mass is 9.77. The molecule has 10 heteroatoms. The van der Waals surface area contributed by atoms with Crippen molar-refractivity contribution in [2.75, 3.05) is 14.1 Å². The highest BCUT2D eigenvalue weighted by Gasteiger charge is 2.86. The van der Waals surface area contributed by atoms with Crippen LogP contribution < -0.4 is 0 Å². The third-order valence-electron chi connectivity index (χ3n) is 10.5. The molecule has 39 heavy (non-hydrogen) atoms. The number of hydrogen-bond acceptors (Lipinski definition) is 10. The van der Waals surface area contributed by atoms with E-state index in [2.05, 4.69) is 6.92 Å². The Hall–Kier alpha value is -0.850. The largest absolute Gasteiger partial charge is 0.459 e. The van der Waals surface area contributed by atoms with Gasteiger partial charge in [-0.2, -0.15) is 0 Å². The molecular formula is C29H49NO9. The van der Waals surface area contributed by atoms with Gasteiger partial charge < -0.3 is 43.5 Å². The van der Waals surface area contributed by atoms with E-state index in [1.165, 1.54) is 0 Å². The quantitative estimate of drug-likeness (QED) is 0.395. The normalized spacial score (nSPS) is 57.5. The fourth-order valence-electron chi connectivity index (χ4n) is 8.22. The first kappa shape index (κ1) is 29.6. The van der Waals surface area contributed by atoms with Crippen molar-refractivity contribution in [3.8, 4) is 0 Å². The lowest BCUT2D eigenvalue weighted by molar-refractivity contribution is -0.355. The number of cyclic esters (lactones) is 1. The van der Waals surface area contributed by atoms with E-state index in [9.17, 15) is 15.0 Å². The molecule has 0 aliphatic carbocycles. The number of carbonyl (C=O) groups is 1. The van der Waals surface area contributed by atoms with Crippen LogP contribution in [0.2, 0.25) is 0 Å². The summed E-state index contributed by atoms with van der Waals surface area (Å²) in [6, 6.07) is -0.161. The maximum atomic E-state index is 13.4. The second kappa shape index (κ2) is 9.59. The highest BCUT2D eigenvalue weighted by atomic mass is 16.8. The lowest BCUT2D eigenvalue weighted by Gasteiger charge is -2.48. The molecule has 5 aliphatic heterocycles. The first-order valence-corrected chi connectivity index (χ1v) is 14.7. The number of rotatable bonds is 4. The van der Waals surface area contributed by atoms with Crippen molar-refractivity contribution < 1.29 is 43.4 Å². The maximum absolute atomic E-state index is 13.4. The van der Waals surface area contributed by atoms with Crippen LogP contribution in [0.1, 0.15) is 74.7 Å². The number of hydrogen-bond donors (Lipinski definition) is 2. The fraction of sp³-hybridized carbons (Fsp3) is 0.966. The smallest absolute Gasteiger partial charge is 0.311 e. The van der Waals surface area contributed by atoms with Gasteiger partial charge in [0.25, 0.3) is 0 Å². The van der Waals surface area contributed by atoms with Crippen molar-refractivity contribution >= 4 is 5.97 Å². The standard InChI is InChI=1S/C29H49NO9/c1-11-19-27(7)25-28(8,37-25)29(39-27)14(2)13-26(6,38-29)22(16(4)20(31)17(5)23(33)35-19)36-24-21(32)18(30(9)10)12-15(3)34-24/h14-22,24-25,31-32H,11-13H2,1-10H3/t14-,15-,16+,17-,18+,19-,20+,21-,22-,24+,25+,26-,27-,28+,29?/m1/s1. The second-order valence-electron chi connectivity index (χ2n) is 13.7. The van der Waals surface area contributed by atoms with Crippen LogP contribution in [0, 0.1) is 17.8 Å². The van der Waals surface area contributed by atoms with E-state index in [0.29, 0.717) is 19.3 Å². The molecule has 10 nitrogen and oxygen atoms in total. The number of fused-ring (bicyclic) bond motifs is 4. The molecule has 5 heterocycles. The summed E-state index contributed by atoms with van der Waals surface area (Å²) in [5.74, 6) is -3.07. The minimum atomic E-state index is -1.09. The molecule has 3 bridgehead atoms. The molecule has 0 aromatic carbocycles. The molecule has 0 aromatic heterocycles. The highest BCUT2D eigenvalue weighted by Crippen LogP contribution is 2.69. The lowest BCUT2D eigenvalue weighted by Crippen LogP contribution is -2.60. The van der Waals surface area contributed by atoms with Crippen LogP contribution in [0.5, 0.6) is 0 Å². The van der Waals surface area contributed by atoms with Crippen molar-refractivity contribution in [2.45, 2.75) is 146 Å². The molecule has 0 amide bonds. The van der Waals surface area contributed by atoms with Gasteiger partial charge in [-0.1, -0.05) is 20.8 Å². The van der Waals surface area contributed by atoms with E-state index in [0.717, 1.165) is 0 Å². The first-order chi connectivity index (χ1) is 18.0. The van der Waals surface area contributed by atoms with Crippen molar-refractivity contribution in [1.82, 2.24) is 4.90 Å². The SMILES string of the molecule is CC[C@H]1OC(=O)[C@H](C)[C@@H](O)[C@H](C)[C@@H](O[C@@H]2O[C@H](C)C[C@H](N(C)C)[C@H]2O)[C@@]2(C)C[C@@H](C)C3(O[C@@]1(C)[C@@H]1O[C@@]13C)O2. The topological polar surface area (TPSA) is 119 Å². The molecule has 0 saturated carbocycles. The molecule has 1 spiro atoms. The summed E-state index contributed by atoms with van der Waals surface area (Å²) in [6.07, 6.45) is -2.93. The summed E-state index contributed by atoms with van der Waals surface area (Å²) in [4.78, 5) is 15.4. The van der Waals surface area contributed by atoms with Gasteiger partial charge in [-0.25, -0.2) is 0 Å². The van der Waals surface area contributed by atoms with Crippen LogP contribution in [0.15, 0.2) is 0 Å². The molecule has 224 valence electrons. The van der Waals surface area contributed by atoms with Crippen LogP contribution in [0.25, 0.3) is 0 Å². The minimum Gasteiger partial charge on any atom is -0.459 e. The summed E-state index contributed by atoms with van der Waals surface area (Å²) in [5, 5.41) is 22.8. The summed E-state index contributed by atoms with van der Waals surface area (Å²) < 4.78 is 39.1. The number of aliphatic hydroxyl groups excluding tert-OH is 2. The van der Waals surface area contributed by atoms with Crippen LogP contribution in [0.4, 0.5) is 0 Å². The molecule has 5 saturated heterocycles. The first-order valence-electron chi connectivity index (χ1n) is 14.7. The second-order valence-corrected chi connectivity index (χ2v) is 13.7. The molecule has 2 N–H and O–H groups in total. The Bertz CT molecular complexity index is 965. The van der Waals surface area contributed by atoms with Gasteiger partial charge in [0.1, 0.15) is 29.5 Å². The predicted molar refractivity (Wildman–Crippen MR) is 141 cm³/mol.